The first kappa shape index (κ1) is 24.9. The topological polar surface area (TPSA) is 70.1 Å². The lowest BCUT2D eigenvalue weighted by atomic mass is 9.94. The Balaban J connectivity index is 1.65. The Morgan fingerprint density at radius 2 is 1.70 bits per heavy atom. The highest BCUT2D eigenvalue weighted by molar-refractivity contribution is 6.51. The van der Waals surface area contributed by atoms with Crippen molar-refractivity contribution in [3.63, 3.8) is 0 Å². The maximum Gasteiger partial charge on any atom is 0.300 e. The number of benzene rings is 3. The largest absolute Gasteiger partial charge is 0.507 e. The lowest BCUT2D eigenvalue weighted by molar-refractivity contribution is -0.132. The van der Waals surface area contributed by atoms with Crippen molar-refractivity contribution < 1.29 is 19.4 Å². The van der Waals surface area contributed by atoms with E-state index in [1.807, 2.05) is 37.3 Å². The monoisotopic (exact) mass is 516 g/mol. The number of carbonyl (C=O) groups is 2. The first-order valence-corrected chi connectivity index (χ1v) is 12.9. The van der Waals surface area contributed by atoms with Gasteiger partial charge in [0.2, 0.25) is 0 Å². The Bertz CT molecular complexity index is 1380. The van der Waals surface area contributed by atoms with E-state index < -0.39 is 17.7 Å². The van der Waals surface area contributed by atoms with Crippen LogP contribution in [-0.2, 0) is 16.0 Å². The third-order valence-corrected chi connectivity index (χ3v) is 7.31. The lowest BCUT2D eigenvalue weighted by Gasteiger charge is -2.27. The number of fused-ring (bicyclic) bond motifs is 1. The number of rotatable bonds is 6. The van der Waals surface area contributed by atoms with Gasteiger partial charge in [0.25, 0.3) is 11.7 Å². The Morgan fingerprint density at radius 1 is 1.03 bits per heavy atom. The molecule has 0 bridgehead atoms. The van der Waals surface area contributed by atoms with Gasteiger partial charge in [0.1, 0.15) is 17.6 Å². The molecule has 1 amide bonds. The molecular weight excluding hydrogens is 488 g/mol. The first-order chi connectivity index (χ1) is 17.8. The fourth-order valence-corrected chi connectivity index (χ4v) is 5.32. The zero-order chi connectivity index (χ0) is 26.3. The average molecular weight is 517 g/mol. The smallest absolute Gasteiger partial charge is 0.300 e. The van der Waals surface area contributed by atoms with Gasteiger partial charge in [-0.05, 0) is 86.5 Å². The first-order valence-electron chi connectivity index (χ1n) is 12.5. The maximum absolute atomic E-state index is 13.4. The van der Waals surface area contributed by atoms with Crippen molar-refractivity contribution in [2.45, 2.75) is 39.3 Å². The SMILES string of the molecule is CCN(CC)c1ccc(C2/C(=C(/O)c3ccc4c(c3)CC(C)O4)C(=O)C(=O)N2c2ccc(Cl)cc2)cc1. The molecule has 37 heavy (non-hydrogen) atoms. The Kier molecular flexibility index (Phi) is 6.69. The second-order valence-electron chi connectivity index (χ2n) is 9.36. The van der Waals surface area contributed by atoms with Crippen LogP contribution in [0.4, 0.5) is 11.4 Å². The van der Waals surface area contributed by atoms with Crippen molar-refractivity contribution in [1.82, 2.24) is 0 Å². The molecule has 0 radical (unpaired) electrons. The van der Waals surface area contributed by atoms with Crippen LogP contribution in [0.15, 0.2) is 72.3 Å². The van der Waals surface area contributed by atoms with Crippen molar-refractivity contribution in [2.75, 3.05) is 22.9 Å². The number of nitrogens with zero attached hydrogens (tertiary/aromatic N) is 2. The fourth-order valence-electron chi connectivity index (χ4n) is 5.20. The minimum Gasteiger partial charge on any atom is -0.507 e. The third kappa shape index (κ3) is 4.46. The molecule has 1 N–H and O–H groups in total. The van der Waals surface area contributed by atoms with Gasteiger partial charge in [0, 0.05) is 41.5 Å². The number of aliphatic hydroxyl groups excluding tert-OH is 1. The molecule has 6 nitrogen and oxygen atoms in total. The summed E-state index contributed by atoms with van der Waals surface area (Å²) in [7, 11) is 0. The van der Waals surface area contributed by atoms with Crippen molar-refractivity contribution in [2.24, 2.45) is 0 Å². The molecule has 3 aromatic rings. The molecule has 2 aliphatic rings. The molecule has 5 rings (SSSR count). The summed E-state index contributed by atoms with van der Waals surface area (Å²) >= 11 is 6.09. The predicted octanol–water partition coefficient (Wildman–Crippen LogP) is 6.14. The predicted molar refractivity (Wildman–Crippen MR) is 146 cm³/mol. The van der Waals surface area contributed by atoms with Crippen molar-refractivity contribution >= 4 is 40.4 Å². The number of aliphatic hydroxyl groups is 1. The van der Waals surface area contributed by atoms with E-state index in [9.17, 15) is 14.7 Å². The molecule has 1 fully saturated rings. The fraction of sp³-hybridized carbons (Fsp3) is 0.267. The Hall–Kier alpha value is -3.77. The summed E-state index contributed by atoms with van der Waals surface area (Å²) in [5, 5.41) is 12.0. The van der Waals surface area contributed by atoms with Gasteiger partial charge in [-0.3, -0.25) is 14.5 Å². The molecule has 7 heteroatoms. The summed E-state index contributed by atoms with van der Waals surface area (Å²) < 4.78 is 5.79. The summed E-state index contributed by atoms with van der Waals surface area (Å²) in [4.78, 5) is 30.5. The molecule has 2 heterocycles. The Labute approximate surface area is 221 Å². The van der Waals surface area contributed by atoms with Gasteiger partial charge < -0.3 is 14.7 Å². The van der Waals surface area contributed by atoms with E-state index in [-0.39, 0.29) is 17.4 Å². The number of hydrogen-bond donors (Lipinski definition) is 1. The van der Waals surface area contributed by atoms with Crippen LogP contribution < -0.4 is 14.5 Å². The van der Waals surface area contributed by atoms with Gasteiger partial charge in [0.05, 0.1) is 11.6 Å². The highest BCUT2D eigenvalue weighted by Crippen LogP contribution is 2.43. The van der Waals surface area contributed by atoms with E-state index in [0.29, 0.717) is 22.7 Å². The number of anilines is 2. The highest BCUT2D eigenvalue weighted by atomic mass is 35.5. The number of carbonyl (C=O) groups excluding carboxylic acids is 2. The molecule has 2 unspecified atom stereocenters. The quantitative estimate of drug-likeness (QED) is 0.242. The third-order valence-electron chi connectivity index (χ3n) is 7.06. The average Bonchev–Trinajstić information content (AvgIpc) is 3.40. The van der Waals surface area contributed by atoms with Crippen LogP contribution in [0, 0.1) is 0 Å². The standard InChI is InChI=1S/C30H29ClN2O4/c1-4-32(5-2)23-11-6-19(7-12-23)27-26(28(34)20-8-15-25-21(17-20)16-18(3)37-25)29(35)30(36)33(27)24-13-9-22(31)10-14-24/h6-15,17-18,27,34H,4-5,16H2,1-3H3/b28-26-. The number of ether oxygens (including phenoxy) is 1. The molecule has 190 valence electrons. The van der Waals surface area contributed by atoms with Crippen molar-refractivity contribution in [3.05, 3.63) is 94.0 Å². The van der Waals surface area contributed by atoms with Gasteiger partial charge in [-0.15, -0.1) is 0 Å². The summed E-state index contributed by atoms with van der Waals surface area (Å²) in [5.41, 5.74) is 3.80. The van der Waals surface area contributed by atoms with E-state index >= 15 is 0 Å². The molecule has 0 aliphatic carbocycles. The minimum atomic E-state index is -0.796. The molecule has 0 aromatic heterocycles. The van der Waals surface area contributed by atoms with E-state index in [1.165, 1.54) is 4.90 Å². The Morgan fingerprint density at radius 3 is 2.35 bits per heavy atom. The van der Waals surface area contributed by atoms with Gasteiger partial charge in [-0.25, -0.2) is 0 Å². The van der Waals surface area contributed by atoms with Crippen molar-refractivity contribution in [3.8, 4) is 5.75 Å². The van der Waals surface area contributed by atoms with Crippen LogP contribution in [0.3, 0.4) is 0 Å². The molecule has 2 atom stereocenters. The molecular formula is C30H29ClN2O4. The van der Waals surface area contributed by atoms with E-state index in [4.69, 9.17) is 16.3 Å². The lowest BCUT2D eigenvalue weighted by Crippen LogP contribution is -2.29. The number of halogens is 1. The van der Waals surface area contributed by atoms with Crippen LogP contribution in [0.2, 0.25) is 5.02 Å². The minimum absolute atomic E-state index is 0.0483. The van der Waals surface area contributed by atoms with E-state index in [2.05, 4.69) is 18.7 Å². The summed E-state index contributed by atoms with van der Waals surface area (Å²) in [6.07, 6.45) is 0.762. The second kappa shape index (κ2) is 9.94. The van der Waals surface area contributed by atoms with Crippen LogP contribution in [-0.4, -0.2) is 36.0 Å². The van der Waals surface area contributed by atoms with Crippen LogP contribution in [0.5, 0.6) is 5.75 Å². The molecule has 0 spiro atoms. The number of ketones is 1. The van der Waals surface area contributed by atoms with Gasteiger partial charge in [-0.1, -0.05) is 23.7 Å². The molecule has 0 saturated carbocycles. The molecule has 3 aromatic carbocycles. The zero-order valence-electron chi connectivity index (χ0n) is 21.1. The van der Waals surface area contributed by atoms with E-state index in [1.54, 1.807) is 36.4 Å². The molecule has 1 saturated heterocycles. The number of Topliss-reactive ketones (excluding diaryl/α,β-unsaturated/α-hetero) is 1. The number of hydrogen-bond acceptors (Lipinski definition) is 5. The normalized spacial score (nSPS) is 20.2. The summed E-state index contributed by atoms with van der Waals surface area (Å²) in [6.45, 7) is 7.89. The highest BCUT2D eigenvalue weighted by Gasteiger charge is 2.47. The molecule has 2 aliphatic heterocycles. The van der Waals surface area contributed by atoms with Crippen molar-refractivity contribution in [1.29, 1.82) is 0 Å². The number of amides is 1. The zero-order valence-corrected chi connectivity index (χ0v) is 21.8. The summed E-state index contributed by atoms with van der Waals surface area (Å²) in [5.74, 6) is -0.848. The van der Waals surface area contributed by atoms with Crippen LogP contribution in [0.1, 0.15) is 43.5 Å². The van der Waals surface area contributed by atoms with E-state index in [0.717, 1.165) is 35.7 Å². The second-order valence-corrected chi connectivity index (χ2v) is 9.80. The van der Waals surface area contributed by atoms with Crippen LogP contribution in [0.25, 0.3) is 5.76 Å². The van der Waals surface area contributed by atoms with Gasteiger partial charge in [0.15, 0.2) is 0 Å². The maximum atomic E-state index is 13.4. The van der Waals surface area contributed by atoms with Gasteiger partial charge >= 0.3 is 0 Å². The van der Waals surface area contributed by atoms with Crippen LogP contribution >= 0.6 is 11.6 Å². The van der Waals surface area contributed by atoms with Gasteiger partial charge in [-0.2, -0.15) is 0 Å². The summed E-state index contributed by atoms with van der Waals surface area (Å²) in [6, 6.07) is 19.1.